The summed E-state index contributed by atoms with van der Waals surface area (Å²) in [5.41, 5.74) is 0. The van der Waals surface area contributed by atoms with E-state index in [0.29, 0.717) is 18.2 Å². The first kappa shape index (κ1) is 10.4. The van der Waals surface area contributed by atoms with Crippen LogP contribution in [0.3, 0.4) is 0 Å². The third-order valence-electron chi connectivity index (χ3n) is 3.36. The monoisotopic (exact) mass is 199 g/mol. The molecule has 0 aromatic carbocycles. The van der Waals surface area contributed by atoms with E-state index in [2.05, 4.69) is 18.7 Å². The standard InChI is InChI=1S/C11H21NO2/c1-8-6-12(7-9(2)14-8)10-4-3-5-11(10)13/h8-11,13H,3-7H2,1-2H3/t8-,9+,10-,11-/m0/s1. The number of aliphatic hydroxyl groups is 1. The normalized spacial score (nSPS) is 45.6. The van der Waals surface area contributed by atoms with E-state index in [1.807, 2.05) is 0 Å². The number of aliphatic hydroxyl groups excluding tert-OH is 1. The maximum atomic E-state index is 9.83. The molecule has 2 aliphatic rings. The fourth-order valence-corrected chi connectivity index (χ4v) is 2.84. The first-order valence-corrected chi connectivity index (χ1v) is 5.74. The van der Waals surface area contributed by atoms with Crippen LogP contribution in [0.25, 0.3) is 0 Å². The van der Waals surface area contributed by atoms with Gasteiger partial charge in [-0.25, -0.2) is 0 Å². The van der Waals surface area contributed by atoms with Crippen molar-refractivity contribution in [2.45, 2.75) is 57.5 Å². The minimum absolute atomic E-state index is 0.104. The fourth-order valence-electron chi connectivity index (χ4n) is 2.84. The SMILES string of the molecule is C[C@@H]1CN([C@H]2CCC[C@@H]2O)C[C@H](C)O1. The van der Waals surface area contributed by atoms with Crippen molar-refractivity contribution >= 4 is 0 Å². The van der Waals surface area contributed by atoms with Gasteiger partial charge in [-0.2, -0.15) is 0 Å². The van der Waals surface area contributed by atoms with E-state index in [4.69, 9.17) is 4.74 Å². The van der Waals surface area contributed by atoms with Gasteiger partial charge >= 0.3 is 0 Å². The molecule has 1 N–H and O–H groups in total. The third kappa shape index (κ3) is 2.10. The second-order valence-corrected chi connectivity index (χ2v) is 4.78. The van der Waals surface area contributed by atoms with Crippen LogP contribution in [0.4, 0.5) is 0 Å². The van der Waals surface area contributed by atoms with Gasteiger partial charge in [-0.15, -0.1) is 0 Å². The highest BCUT2D eigenvalue weighted by Gasteiger charge is 2.34. The Morgan fingerprint density at radius 3 is 2.29 bits per heavy atom. The second-order valence-electron chi connectivity index (χ2n) is 4.78. The van der Waals surface area contributed by atoms with Crippen molar-refractivity contribution in [3.8, 4) is 0 Å². The molecule has 4 atom stereocenters. The summed E-state index contributed by atoms with van der Waals surface area (Å²) in [7, 11) is 0. The number of hydrogen-bond acceptors (Lipinski definition) is 3. The van der Waals surface area contributed by atoms with E-state index in [1.54, 1.807) is 0 Å². The van der Waals surface area contributed by atoms with Gasteiger partial charge in [-0.1, -0.05) is 0 Å². The number of rotatable bonds is 1. The molecule has 1 aliphatic carbocycles. The lowest BCUT2D eigenvalue weighted by Gasteiger charge is -2.39. The molecule has 3 nitrogen and oxygen atoms in total. The molecule has 3 heteroatoms. The van der Waals surface area contributed by atoms with Crippen molar-refractivity contribution in [1.29, 1.82) is 0 Å². The van der Waals surface area contributed by atoms with Crippen LogP contribution in [0, 0.1) is 0 Å². The van der Waals surface area contributed by atoms with Crippen molar-refractivity contribution in [1.82, 2.24) is 4.90 Å². The highest BCUT2D eigenvalue weighted by molar-refractivity contribution is 4.88. The minimum Gasteiger partial charge on any atom is -0.391 e. The Morgan fingerprint density at radius 2 is 1.79 bits per heavy atom. The second kappa shape index (κ2) is 4.17. The summed E-state index contributed by atoms with van der Waals surface area (Å²) in [4.78, 5) is 2.41. The van der Waals surface area contributed by atoms with Gasteiger partial charge in [-0.3, -0.25) is 4.90 Å². The van der Waals surface area contributed by atoms with E-state index in [0.717, 1.165) is 25.9 Å². The molecule has 0 bridgehead atoms. The number of morpholine rings is 1. The third-order valence-corrected chi connectivity index (χ3v) is 3.36. The molecule has 82 valence electrons. The molecule has 0 amide bonds. The molecule has 14 heavy (non-hydrogen) atoms. The lowest BCUT2D eigenvalue weighted by atomic mass is 10.1. The summed E-state index contributed by atoms with van der Waals surface area (Å²) in [6.45, 7) is 6.19. The van der Waals surface area contributed by atoms with Crippen LogP contribution < -0.4 is 0 Å². The smallest absolute Gasteiger partial charge is 0.0695 e. The fraction of sp³-hybridized carbons (Fsp3) is 1.00. The zero-order valence-corrected chi connectivity index (χ0v) is 9.15. The van der Waals surface area contributed by atoms with Crippen molar-refractivity contribution in [2.75, 3.05) is 13.1 Å². The topological polar surface area (TPSA) is 32.7 Å². The summed E-state index contributed by atoms with van der Waals surface area (Å²) < 4.78 is 5.69. The predicted molar refractivity (Wildman–Crippen MR) is 55.2 cm³/mol. The van der Waals surface area contributed by atoms with Gasteiger partial charge in [0.05, 0.1) is 18.3 Å². The van der Waals surface area contributed by atoms with Gasteiger partial charge in [0.15, 0.2) is 0 Å². The number of nitrogens with zero attached hydrogens (tertiary/aromatic N) is 1. The van der Waals surface area contributed by atoms with Gasteiger partial charge in [0.1, 0.15) is 0 Å². The zero-order chi connectivity index (χ0) is 10.1. The average molecular weight is 199 g/mol. The molecule has 0 unspecified atom stereocenters. The van der Waals surface area contributed by atoms with Crippen LogP contribution in [0.1, 0.15) is 33.1 Å². The van der Waals surface area contributed by atoms with Crippen LogP contribution in [0.5, 0.6) is 0 Å². The largest absolute Gasteiger partial charge is 0.391 e. The summed E-state index contributed by atoms with van der Waals surface area (Å²) >= 11 is 0. The molecule has 1 saturated heterocycles. The Kier molecular flexibility index (Phi) is 3.10. The van der Waals surface area contributed by atoms with Gasteiger partial charge in [0.2, 0.25) is 0 Å². The highest BCUT2D eigenvalue weighted by Crippen LogP contribution is 2.26. The molecule has 0 aromatic rings. The summed E-state index contributed by atoms with van der Waals surface area (Å²) in [6, 6.07) is 0.392. The molecule has 1 heterocycles. The van der Waals surface area contributed by atoms with Gasteiger partial charge < -0.3 is 9.84 Å². The Balaban J connectivity index is 1.95. The lowest BCUT2D eigenvalue weighted by Crippen LogP contribution is -2.52. The summed E-state index contributed by atoms with van der Waals surface area (Å²) in [5, 5.41) is 9.83. The summed E-state index contributed by atoms with van der Waals surface area (Å²) in [5.74, 6) is 0. The van der Waals surface area contributed by atoms with Gasteiger partial charge in [0.25, 0.3) is 0 Å². The van der Waals surface area contributed by atoms with Gasteiger partial charge in [0, 0.05) is 19.1 Å². The van der Waals surface area contributed by atoms with E-state index in [9.17, 15) is 5.11 Å². The Hall–Kier alpha value is -0.120. The molecule has 0 aromatic heterocycles. The van der Waals surface area contributed by atoms with Crippen LogP contribution in [-0.4, -0.2) is 47.4 Å². The highest BCUT2D eigenvalue weighted by atomic mass is 16.5. The summed E-state index contributed by atoms with van der Waals surface area (Å²) in [6.07, 6.45) is 3.82. The lowest BCUT2D eigenvalue weighted by molar-refractivity contribution is -0.0911. The first-order chi connectivity index (χ1) is 6.66. The molecule has 2 rings (SSSR count). The zero-order valence-electron chi connectivity index (χ0n) is 9.15. The molecule has 1 saturated carbocycles. The number of hydrogen-bond donors (Lipinski definition) is 1. The molecule has 0 spiro atoms. The average Bonchev–Trinajstić information content (AvgIpc) is 2.49. The maximum absolute atomic E-state index is 9.83. The van der Waals surface area contributed by atoms with E-state index < -0.39 is 0 Å². The molecular weight excluding hydrogens is 178 g/mol. The van der Waals surface area contributed by atoms with E-state index >= 15 is 0 Å². The Bertz CT molecular complexity index is 188. The van der Waals surface area contributed by atoms with Crippen molar-refractivity contribution in [3.05, 3.63) is 0 Å². The predicted octanol–water partition coefficient (Wildman–Crippen LogP) is 1.01. The Labute approximate surface area is 86.0 Å². The number of ether oxygens (including phenoxy) is 1. The van der Waals surface area contributed by atoms with Crippen molar-refractivity contribution in [3.63, 3.8) is 0 Å². The first-order valence-electron chi connectivity index (χ1n) is 5.74. The molecular formula is C11H21NO2. The molecule has 0 radical (unpaired) electrons. The molecule has 1 aliphatic heterocycles. The van der Waals surface area contributed by atoms with Crippen LogP contribution in [-0.2, 0) is 4.74 Å². The quantitative estimate of drug-likeness (QED) is 0.684. The van der Waals surface area contributed by atoms with Crippen molar-refractivity contribution < 1.29 is 9.84 Å². The maximum Gasteiger partial charge on any atom is 0.0695 e. The van der Waals surface area contributed by atoms with E-state index in [1.165, 1.54) is 6.42 Å². The van der Waals surface area contributed by atoms with E-state index in [-0.39, 0.29) is 6.10 Å². The van der Waals surface area contributed by atoms with Crippen LogP contribution >= 0.6 is 0 Å². The minimum atomic E-state index is -0.104. The van der Waals surface area contributed by atoms with Crippen LogP contribution in [0.2, 0.25) is 0 Å². The van der Waals surface area contributed by atoms with Gasteiger partial charge in [-0.05, 0) is 33.1 Å². The van der Waals surface area contributed by atoms with Crippen LogP contribution in [0.15, 0.2) is 0 Å². The molecule has 2 fully saturated rings. The Morgan fingerprint density at radius 1 is 1.14 bits per heavy atom. The van der Waals surface area contributed by atoms with Crippen molar-refractivity contribution in [2.24, 2.45) is 0 Å².